The van der Waals surface area contributed by atoms with Crippen molar-refractivity contribution in [3.05, 3.63) is 65.5 Å². The number of ether oxygens (including phenoxy) is 1. The van der Waals surface area contributed by atoms with Crippen LogP contribution >= 0.6 is 11.8 Å². The second kappa shape index (κ2) is 10.4. The van der Waals surface area contributed by atoms with Gasteiger partial charge in [-0.15, -0.1) is 10.2 Å². The summed E-state index contributed by atoms with van der Waals surface area (Å²) in [5.41, 5.74) is 2.43. The minimum Gasteiger partial charge on any atom is -0.467 e. The zero-order valence-corrected chi connectivity index (χ0v) is 20.2. The lowest BCUT2D eigenvalue weighted by molar-refractivity contribution is -0.153. The molecule has 178 valence electrons. The van der Waals surface area contributed by atoms with Crippen LogP contribution in [0.3, 0.4) is 0 Å². The number of methoxy groups -OCH3 is 1. The van der Waals surface area contributed by atoms with Crippen molar-refractivity contribution in [3.63, 3.8) is 0 Å². The average molecular weight is 483 g/mol. The molecule has 2 aromatic carbocycles. The highest BCUT2D eigenvalue weighted by molar-refractivity contribution is 7.99. The van der Waals surface area contributed by atoms with Gasteiger partial charge in [0.25, 0.3) is 0 Å². The molecule has 0 bridgehead atoms. The second-order valence-electron chi connectivity index (χ2n) is 8.61. The van der Waals surface area contributed by atoms with Gasteiger partial charge in [0.15, 0.2) is 11.0 Å². The fourth-order valence-electron chi connectivity index (χ4n) is 4.11. The normalized spacial score (nSPS) is 15.3. The van der Waals surface area contributed by atoms with E-state index in [9.17, 15) is 14.0 Å². The summed E-state index contributed by atoms with van der Waals surface area (Å²) >= 11 is 1.24. The Hall–Kier alpha value is -3.20. The summed E-state index contributed by atoms with van der Waals surface area (Å²) in [6.07, 6.45) is 0.417. The zero-order valence-electron chi connectivity index (χ0n) is 19.4. The number of halogens is 1. The molecule has 9 heteroatoms. The van der Waals surface area contributed by atoms with E-state index in [1.54, 1.807) is 23.1 Å². The number of thioether (sulfide) groups is 1. The quantitative estimate of drug-likeness (QED) is 0.375. The van der Waals surface area contributed by atoms with Crippen molar-refractivity contribution >= 4 is 23.6 Å². The van der Waals surface area contributed by atoms with Crippen LogP contribution in [0, 0.1) is 11.7 Å². The first-order chi connectivity index (χ1) is 16.4. The second-order valence-corrected chi connectivity index (χ2v) is 9.56. The van der Waals surface area contributed by atoms with Crippen molar-refractivity contribution in [3.8, 4) is 11.4 Å². The third-order valence-electron chi connectivity index (χ3n) is 5.75. The molecular weight excluding hydrogens is 455 g/mol. The molecule has 0 fully saturated rings. The van der Waals surface area contributed by atoms with Gasteiger partial charge in [-0.2, -0.15) is 0 Å². The van der Waals surface area contributed by atoms with Gasteiger partial charge in [0.05, 0.1) is 18.4 Å². The molecule has 1 aromatic heterocycles. The molecular formula is C25H27FN4O3S. The van der Waals surface area contributed by atoms with Crippen molar-refractivity contribution in [1.29, 1.82) is 0 Å². The highest BCUT2D eigenvalue weighted by Crippen LogP contribution is 2.29. The van der Waals surface area contributed by atoms with Gasteiger partial charge in [0.1, 0.15) is 11.9 Å². The molecule has 0 radical (unpaired) electrons. The van der Waals surface area contributed by atoms with Crippen LogP contribution in [-0.4, -0.2) is 50.4 Å². The van der Waals surface area contributed by atoms with E-state index in [1.165, 1.54) is 24.9 Å². The van der Waals surface area contributed by atoms with Crippen LogP contribution in [0.5, 0.6) is 0 Å². The number of carbonyl (C=O) groups is 2. The third kappa shape index (κ3) is 4.99. The number of hydrogen-bond acceptors (Lipinski definition) is 6. The molecule has 34 heavy (non-hydrogen) atoms. The van der Waals surface area contributed by atoms with E-state index < -0.39 is 12.0 Å². The monoisotopic (exact) mass is 482 g/mol. The lowest BCUT2D eigenvalue weighted by atomic mass is 9.94. The number of benzene rings is 2. The standard InChI is InChI=1S/C25H27FN4O3S/c1-16(2)13-30-23(19-10-6-7-11-20(19)26)27-28-25(30)34-15-22(31)29-14-18-9-5-4-8-17(18)12-21(29)24(32)33-3/h4-11,16,21H,12-15H2,1-3H3/t21-/m0/s1. The summed E-state index contributed by atoms with van der Waals surface area (Å²) < 4.78 is 21.3. The fraction of sp³-hybridized carbons (Fsp3) is 0.360. The third-order valence-corrected chi connectivity index (χ3v) is 6.70. The van der Waals surface area contributed by atoms with Crippen LogP contribution in [0.1, 0.15) is 25.0 Å². The summed E-state index contributed by atoms with van der Waals surface area (Å²) in [5, 5.41) is 9.02. The molecule has 1 aliphatic rings. The highest BCUT2D eigenvalue weighted by atomic mass is 32.2. The fourth-order valence-corrected chi connectivity index (χ4v) is 4.94. The van der Waals surface area contributed by atoms with Crippen LogP contribution in [0.15, 0.2) is 53.7 Å². The maximum absolute atomic E-state index is 14.4. The number of aromatic nitrogens is 3. The highest BCUT2D eigenvalue weighted by Gasteiger charge is 2.35. The minimum atomic E-state index is -0.671. The molecule has 2 heterocycles. The average Bonchev–Trinajstić information content (AvgIpc) is 3.22. The number of nitrogens with zero attached hydrogens (tertiary/aromatic N) is 4. The summed E-state index contributed by atoms with van der Waals surface area (Å²) in [5.74, 6) is -0.233. The molecule has 1 aliphatic heterocycles. The van der Waals surface area contributed by atoms with Crippen molar-refractivity contribution in [1.82, 2.24) is 19.7 Å². The summed E-state index contributed by atoms with van der Waals surface area (Å²) in [6, 6.07) is 13.6. The van der Waals surface area contributed by atoms with E-state index in [2.05, 4.69) is 24.0 Å². The molecule has 4 rings (SSSR count). The Labute approximate surface area is 202 Å². The van der Waals surface area contributed by atoms with Crippen molar-refractivity contribution in [2.45, 2.75) is 44.6 Å². The Morgan fingerprint density at radius 2 is 1.82 bits per heavy atom. The van der Waals surface area contributed by atoms with Gasteiger partial charge >= 0.3 is 5.97 Å². The maximum atomic E-state index is 14.4. The SMILES string of the molecule is COC(=O)[C@@H]1Cc2ccccc2CN1C(=O)CSc1nnc(-c2ccccc2F)n1CC(C)C. The Balaban J connectivity index is 1.56. The summed E-state index contributed by atoms with van der Waals surface area (Å²) in [6.45, 7) is 5.03. The molecule has 0 N–H and O–H groups in total. The molecule has 3 aromatic rings. The lowest BCUT2D eigenvalue weighted by Crippen LogP contribution is -2.49. The number of amides is 1. The number of fused-ring (bicyclic) bond motifs is 1. The first-order valence-electron chi connectivity index (χ1n) is 11.1. The lowest BCUT2D eigenvalue weighted by Gasteiger charge is -2.35. The molecule has 0 aliphatic carbocycles. The molecule has 7 nitrogen and oxygen atoms in total. The van der Waals surface area contributed by atoms with E-state index in [4.69, 9.17) is 4.74 Å². The van der Waals surface area contributed by atoms with Crippen LogP contribution < -0.4 is 0 Å². The number of carbonyl (C=O) groups excluding carboxylic acids is 2. The smallest absolute Gasteiger partial charge is 0.328 e. The number of hydrogen-bond donors (Lipinski definition) is 0. The van der Waals surface area contributed by atoms with E-state index >= 15 is 0 Å². The molecule has 1 amide bonds. The van der Waals surface area contributed by atoms with Gasteiger partial charge in [-0.05, 0) is 29.2 Å². The molecule has 0 spiro atoms. The predicted octanol–water partition coefficient (Wildman–Crippen LogP) is 3.96. The number of esters is 1. The van der Waals surface area contributed by atoms with Crippen LogP contribution in [-0.2, 0) is 33.8 Å². The predicted molar refractivity (Wildman–Crippen MR) is 127 cm³/mol. The van der Waals surface area contributed by atoms with Gasteiger partial charge in [0.2, 0.25) is 5.91 Å². The van der Waals surface area contributed by atoms with Gasteiger partial charge in [-0.3, -0.25) is 4.79 Å². The van der Waals surface area contributed by atoms with E-state index in [1.807, 2.05) is 28.8 Å². The van der Waals surface area contributed by atoms with Crippen LogP contribution in [0.4, 0.5) is 4.39 Å². The van der Waals surface area contributed by atoms with Gasteiger partial charge in [0, 0.05) is 19.5 Å². The largest absolute Gasteiger partial charge is 0.467 e. The molecule has 0 unspecified atom stereocenters. The van der Waals surface area contributed by atoms with E-state index in [-0.39, 0.29) is 23.4 Å². The first kappa shape index (κ1) is 23.9. The summed E-state index contributed by atoms with van der Waals surface area (Å²) in [7, 11) is 1.33. The molecule has 1 atom stereocenters. The van der Waals surface area contributed by atoms with E-state index in [0.29, 0.717) is 36.1 Å². The van der Waals surface area contributed by atoms with Crippen LogP contribution in [0.2, 0.25) is 0 Å². The zero-order chi connectivity index (χ0) is 24.2. The molecule has 0 saturated carbocycles. The Morgan fingerprint density at radius 1 is 1.12 bits per heavy atom. The molecule has 0 saturated heterocycles. The van der Waals surface area contributed by atoms with Gasteiger partial charge in [-0.25, -0.2) is 9.18 Å². The van der Waals surface area contributed by atoms with Crippen molar-refractivity contribution in [2.24, 2.45) is 5.92 Å². The topological polar surface area (TPSA) is 77.3 Å². The van der Waals surface area contributed by atoms with Gasteiger partial charge in [-0.1, -0.05) is 62.0 Å². The maximum Gasteiger partial charge on any atom is 0.328 e. The van der Waals surface area contributed by atoms with Crippen LogP contribution in [0.25, 0.3) is 11.4 Å². The van der Waals surface area contributed by atoms with E-state index in [0.717, 1.165) is 11.1 Å². The first-order valence-corrected chi connectivity index (χ1v) is 12.1. The Bertz CT molecular complexity index is 1200. The Morgan fingerprint density at radius 3 is 2.53 bits per heavy atom. The van der Waals surface area contributed by atoms with Crippen molar-refractivity contribution < 1.29 is 18.7 Å². The minimum absolute atomic E-state index is 0.0726. The van der Waals surface area contributed by atoms with Gasteiger partial charge < -0.3 is 14.2 Å². The Kier molecular flexibility index (Phi) is 7.31. The van der Waals surface area contributed by atoms with Crippen molar-refractivity contribution in [2.75, 3.05) is 12.9 Å². The number of rotatable bonds is 7. The summed E-state index contributed by atoms with van der Waals surface area (Å²) in [4.78, 5) is 27.3.